The Labute approximate surface area is 174 Å². The minimum absolute atomic E-state index is 0.206. The van der Waals surface area contributed by atoms with Gasteiger partial charge in [-0.2, -0.15) is 5.26 Å². The van der Waals surface area contributed by atoms with E-state index in [0.717, 1.165) is 11.1 Å². The number of carboxylic acids is 1. The molecular weight excluding hydrogens is 392 g/mol. The molecule has 1 saturated heterocycles. The smallest absolute Gasteiger partial charge is 0.326 e. The minimum Gasteiger partial charge on any atom is -0.480 e. The first kappa shape index (κ1) is 20.8. The Hall–Kier alpha value is -2.88. The van der Waals surface area contributed by atoms with Crippen molar-refractivity contribution in [2.24, 2.45) is 0 Å². The van der Waals surface area contributed by atoms with Crippen LogP contribution in [0.5, 0.6) is 0 Å². The number of benzene rings is 2. The van der Waals surface area contributed by atoms with Crippen molar-refractivity contribution in [3.05, 3.63) is 70.2 Å². The largest absolute Gasteiger partial charge is 0.480 e. The Morgan fingerprint density at radius 3 is 2.41 bits per heavy atom. The van der Waals surface area contributed by atoms with E-state index in [9.17, 15) is 14.7 Å². The molecule has 1 fully saturated rings. The normalized spacial score (nSPS) is 20.2. The SMILES string of the molecule is CCC[C@@H](C(=O)O)N1C(=O)CO[C@H](c2ccc(C#N)cc2)[C@@H]1c1ccc(Cl)cc1. The number of hydrogen-bond donors (Lipinski definition) is 1. The number of nitriles is 1. The minimum atomic E-state index is -1.04. The maximum absolute atomic E-state index is 12.8. The summed E-state index contributed by atoms with van der Waals surface area (Å²) in [6.07, 6.45) is 0.391. The van der Waals surface area contributed by atoms with Gasteiger partial charge in [-0.15, -0.1) is 0 Å². The van der Waals surface area contributed by atoms with Crippen LogP contribution in [-0.4, -0.2) is 34.5 Å². The summed E-state index contributed by atoms with van der Waals surface area (Å²) in [4.78, 5) is 26.2. The standard InChI is InChI=1S/C22H21ClN2O4/c1-2-3-18(22(27)28)25-19(26)13-29-21(16-6-4-14(12-24)5-7-16)20(25)15-8-10-17(23)11-9-15/h4-11,18,20-21H,2-3,13H2,1H3,(H,27,28)/t18-,20-,21+/m0/s1. The van der Waals surface area contributed by atoms with E-state index in [2.05, 4.69) is 6.07 Å². The van der Waals surface area contributed by atoms with Crippen LogP contribution in [0, 0.1) is 11.3 Å². The summed E-state index contributed by atoms with van der Waals surface area (Å²) < 4.78 is 5.89. The molecule has 1 aliphatic heterocycles. The maximum Gasteiger partial charge on any atom is 0.326 e. The Morgan fingerprint density at radius 1 is 1.24 bits per heavy atom. The van der Waals surface area contributed by atoms with Gasteiger partial charge in [0.2, 0.25) is 5.91 Å². The average molecular weight is 413 g/mol. The zero-order chi connectivity index (χ0) is 21.0. The van der Waals surface area contributed by atoms with E-state index < -0.39 is 24.2 Å². The number of carboxylic acid groups (broad SMARTS) is 1. The van der Waals surface area contributed by atoms with Crippen LogP contribution in [0.2, 0.25) is 5.02 Å². The van der Waals surface area contributed by atoms with E-state index >= 15 is 0 Å². The molecule has 3 atom stereocenters. The number of ether oxygens (including phenoxy) is 1. The molecule has 29 heavy (non-hydrogen) atoms. The topological polar surface area (TPSA) is 90.6 Å². The van der Waals surface area contributed by atoms with Gasteiger partial charge in [0.1, 0.15) is 18.8 Å². The quantitative estimate of drug-likeness (QED) is 0.771. The Bertz CT molecular complexity index is 921. The summed E-state index contributed by atoms with van der Waals surface area (Å²) in [6.45, 7) is 1.68. The number of amides is 1. The van der Waals surface area contributed by atoms with Gasteiger partial charge < -0.3 is 14.7 Å². The van der Waals surface area contributed by atoms with E-state index in [1.165, 1.54) is 4.90 Å². The fourth-order valence-corrected chi connectivity index (χ4v) is 3.80. The molecule has 7 heteroatoms. The Kier molecular flexibility index (Phi) is 6.53. The second-order valence-corrected chi connectivity index (χ2v) is 7.34. The van der Waals surface area contributed by atoms with Crippen LogP contribution in [0.15, 0.2) is 48.5 Å². The van der Waals surface area contributed by atoms with E-state index in [-0.39, 0.29) is 12.5 Å². The molecule has 3 rings (SSSR count). The zero-order valence-corrected chi connectivity index (χ0v) is 16.7. The first-order valence-electron chi connectivity index (χ1n) is 9.37. The van der Waals surface area contributed by atoms with Crippen LogP contribution < -0.4 is 0 Å². The molecule has 0 spiro atoms. The summed E-state index contributed by atoms with van der Waals surface area (Å²) >= 11 is 6.03. The van der Waals surface area contributed by atoms with Crippen molar-refractivity contribution < 1.29 is 19.4 Å². The lowest BCUT2D eigenvalue weighted by atomic mass is 9.90. The molecule has 2 aromatic rings. The van der Waals surface area contributed by atoms with Crippen molar-refractivity contribution in [1.29, 1.82) is 5.26 Å². The average Bonchev–Trinajstić information content (AvgIpc) is 2.73. The highest BCUT2D eigenvalue weighted by atomic mass is 35.5. The lowest BCUT2D eigenvalue weighted by Gasteiger charge is -2.44. The van der Waals surface area contributed by atoms with Gasteiger partial charge in [0.15, 0.2) is 0 Å². The van der Waals surface area contributed by atoms with Crippen molar-refractivity contribution in [3.8, 4) is 6.07 Å². The van der Waals surface area contributed by atoms with Crippen molar-refractivity contribution >= 4 is 23.5 Å². The molecule has 2 aromatic carbocycles. The van der Waals surface area contributed by atoms with Gasteiger partial charge in [-0.05, 0) is 41.8 Å². The third kappa shape index (κ3) is 4.42. The summed E-state index contributed by atoms with van der Waals surface area (Å²) in [5.74, 6) is -1.41. The van der Waals surface area contributed by atoms with E-state index in [4.69, 9.17) is 21.6 Å². The lowest BCUT2D eigenvalue weighted by molar-refractivity contribution is -0.171. The highest BCUT2D eigenvalue weighted by molar-refractivity contribution is 6.30. The highest BCUT2D eigenvalue weighted by Gasteiger charge is 2.44. The molecule has 1 amide bonds. The summed E-state index contributed by atoms with van der Waals surface area (Å²) in [7, 11) is 0. The number of halogens is 1. The van der Waals surface area contributed by atoms with Gasteiger partial charge in [-0.3, -0.25) is 4.79 Å². The van der Waals surface area contributed by atoms with Crippen molar-refractivity contribution in [1.82, 2.24) is 4.90 Å². The molecule has 0 aromatic heterocycles. The number of morpholine rings is 1. The second-order valence-electron chi connectivity index (χ2n) is 6.91. The molecule has 1 aliphatic rings. The monoisotopic (exact) mass is 412 g/mol. The van der Waals surface area contributed by atoms with Gasteiger partial charge >= 0.3 is 5.97 Å². The third-order valence-electron chi connectivity index (χ3n) is 5.02. The number of carbonyl (C=O) groups is 2. The highest BCUT2D eigenvalue weighted by Crippen LogP contribution is 2.42. The Morgan fingerprint density at radius 2 is 1.86 bits per heavy atom. The Balaban J connectivity index is 2.11. The molecule has 1 N–H and O–H groups in total. The van der Waals surface area contributed by atoms with Crippen LogP contribution >= 0.6 is 11.6 Å². The fraction of sp³-hybridized carbons (Fsp3) is 0.318. The number of rotatable bonds is 6. The van der Waals surface area contributed by atoms with E-state index in [1.807, 2.05) is 6.92 Å². The molecule has 6 nitrogen and oxygen atoms in total. The van der Waals surface area contributed by atoms with Gasteiger partial charge in [-0.1, -0.05) is 49.2 Å². The second kappa shape index (κ2) is 9.08. The van der Waals surface area contributed by atoms with E-state index in [1.54, 1.807) is 48.5 Å². The van der Waals surface area contributed by atoms with Gasteiger partial charge in [0.05, 0.1) is 17.7 Å². The summed E-state index contributed by atoms with van der Waals surface area (Å²) in [5.41, 5.74) is 2.01. The summed E-state index contributed by atoms with van der Waals surface area (Å²) in [5, 5.41) is 19.4. The third-order valence-corrected chi connectivity index (χ3v) is 5.28. The molecule has 0 saturated carbocycles. The number of hydrogen-bond acceptors (Lipinski definition) is 4. The number of carbonyl (C=O) groups excluding carboxylic acids is 1. The lowest BCUT2D eigenvalue weighted by Crippen LogP contribution is -2.53. The zero-order valence-electron chi connectivity index (χ0n) is 15.9. The predicted octanol–water partition coefficient (Wildman–Crippen LogP) is 4.11. The van der Waals surface area contributed by atoms with Crippen LogP contribution in [0.3, 0.4) is 0 Å². The van der Waals surface area contributed by atoms with Crippen molar-refractivity contribution in [2.45, 2.75) is 38.0 Å². The maximum atomic E-state index is 12.8. The van der Waals surface area contributed by atoms with Crippen LogP contribution in [-0.2, 0) is 14.3 Å². The van der Waals surface area contributed by atoms with Gasteiger partial charge in [0.25, 0.3) is 0 Å². The molecule has 0 radical (unpaired) electrons. The van der Waals surface area contributed by atoms with Crippen LogP contribution in [0.1, 0.15) is 48.6 Å². The van der Waals surface area contributed by atoms with Crippen molar-refractivity contribution in [3.63, 3.8) is 0 Å². The summed E-state index contributed by atoms with van der Waals surface area (Å²) in [6, 6.07) is 14.4. The van der Waals surface area contributed by atoms with Crippen LogP contribution in [0.4, 0.5) is 0 Å². The van der Waals surface area contributed by atoms with E-state index in [0.29, 0.717) is 23.4 Å². The number of nitrogens with zero attached hydrogens (tertiary/aromatic N) is 2. The van der Waals surface area contributed by atoms with Gasteiger partial charge in [-0.25, -0.2) is 4.79 Å². The first-order chi connectivity index (χ1) is 14.0. The fourth-order valence-electron chi connectivity index (χ4n) is 3.67. The molecule has 0 bridgehead atoms. The predicted molar refractivity (Wildman–Crippen MR) is 107 cm³/mol. The van der Waals surface area contributed by atoms with Crippen LogP contribution in [0.25, 0.3) is 0 Å². The molecular formula is C22H21ClN2O4. The van der Waals surface area contributed by atoms with Gasteiger partial charge in [0, 0.05) is 5.02 Å². The van der Waals surface area contributed by atoms with Crippen molar-refractivity contribution in [2.75, 3.05) is 6.61 Å². The molecule has 0 unspecified atom stereocenters. The molecule has 0 aliphatic carbocycles. The first-order valence-corrected chi connectivity index (χ1v) is 9.75. The number of aliphatic carboxylic acids is 1. The molecule has 150 valence electrons. The molecule has 1 heterocycles.